The van der Waals surface area contributed by atoms with Gasteiger partial charge in [-0.3, -0.25) is 14.4 Å². The normalized spacial score (nSPS) is 13.8. The van der Waals surface area contributed by atoms with Crippen LogP contribution in [-0.2, 0) is 38.1 Å². The van der Waals surface area contributed by atoms with Crippen molar-refractivity contribution in [2.75, 3.05) is 39.5 Å². The van der Waals surface area contributed by atoms with E-state index in [1.165, 1.54) is 64.2 Å². The molecule has 0 N–H and O–H groups in total. The van der Waals surface area contributed by atoms with Gasteiger partial charge in [0.25, 0.3) is 0 Å². The second-order valence-corrected chi connectivity index (χ2v) is 17.9. The molecule has 0 radical (unpaired) electrons. The molecule has 0 spiro atoms. The summed E-state index contributed by atoms with van der Waals surface area (Å²) in [5.74, 6) is -1.26. The van der Waals surface area contributed by atoms with Gasteiger partial charge in [0, 0.05) is 25.8 Å². The van der Waals surface area contributed by atoms with Gasteiger partial charge < -0.3 is 28.6 Å². The Morgan fingerprint density at radius 1 is 0.446 bits per heavy atom. The highest BCUT2D eigenvalue weighted by atomic mass is 16.7. The highest BCUT2D eigenvalue weighted by Crippen LogP contribution is 2.16. The Kier molecular flexibility index (Phi) is 42.0. The van der Waals surface area contributed by atoms with E-state index >= 15 is 0 Å². The van der Waals surface area contributed by atoms with E-state index in [-0.39, 0.29) is 50.8 Å². The molecule has 65 heavy (non-hydrogen) atoms. The Labute approximate surface area is 397 Å². The third-order valence-electron chi connectivity index (χ3n) is 11.7. The third kappa shape index (κ3) is 40.6. The summed E-state index contributed by atoms with van der Waals surface area (Å²) < 4.78 is 27.8. The summed E-state index contributed by atoms with van der Waals surface area (Å²) >= 11 is 0. The molecule has 10 nitrogen and oxygen atoms in total. The van der Waals surface area contributed by atoms with Crippen molar-refractivity contribution in [2.24, 2.45) is 0 Å². The minimum absolute atomic E-state index is 0.00700. The van der Waals surface area contributed by atoms with Crippen LogP contribution in [0.3, 0.4) is 0 Å². The zero-order chi connectivity index (χ0) is 47.1. The molecule has 0 aromatic carbocycles. The second-order valence-electron chi connectivity index (χ2n) is 17.9. The molecule has 0 aliphatic carbocycles. The maximum atomic E-state index is 13.1. The SMILES string of the molecule is CCCCC/C=C\C/C=C\CCCCCCCC(=O)OCC(COC(=O)CCCCCCC/C=C\C/C=C\CCCCC)OC(=O)CCC(CCCC)OC(=O)OCCCN1CCCC1. The number of rotatable bonds is 44. The molecule has 1 saturated heterocycles. The van der Waals surface area contributed by atoms with Gasteiger partial charge in [-0.25, -0.2) is 4.79 Å². The van der Waals surface area contributed by atoms with Gasteiger partial charge in [-0.05, 0) is 122 Å². The quantitative estimate of drug-likeness (QED) is 0.0253. The summed E-state index contributed by atoms with van der Waals surface area (Å²) in [5, 5.41) is 0. The van der Waals surface area contributed by atoms with Gasteiger partial charge in [-0.15, -0.1) is 0 Å². The highest BCUT2D eigenvalue weighted by Gasteiger charge is 2.22. The second kappa shape index (κ2) is 45.7. The van der Waals surface area contributed by atoms with Crippen LogP contribution in [0, 0.1) is 0 Å². The first kappa shape index (κ1) is 59.6. The van der Waals surface area contributed by atoms with Crippen molar-refractivity contribution in [3.8, 4) is 0 Å². The minimum atomic E-state index is -0.930. The number of carbonyl (C=O) groups excluding carboxylic acids is 4. The molecule has 374 valence electrons. The van der Waals surface area contributed by atoms with E-state index in [2.05, 4.69) is 74.3 Å². The molecule has 1 aliphatic heterocycles. The average Bonchev–Trinajstić information content (AvgIpc) is 3.83. The van der Waals surface area contributed by atoms with E-state index in [9.17, 15) is 19.2 Å². The first-order valence-corrected chi connectivity index (χ1v) is 26.5. The number of unbranched alkanes of at least 4 members (excludes halogenated alkanes) is 17. The van der Waals surface area contributed by atoms with E-state index in [0.717, 1.165) is 129 Å². The van der Waals surface area contributed by atoms with Gasteiger partial charge in [0.2, 0.25) is 0 Å². The summed E-state index contributed by atoms with van der Waals surface area (Å²) in [7, 11) is 0. The van der Waals surface area contributed by atoms with Crippen molar-refractivity contribution in [3.63, 3.8) is 0 Å². The zero-order valence-electron chi connectivity index (χ0n) is 41.8. The number of hydrogen-bond donors (Lipinski definition) is 0. The molecule has 1 atom stereocenters. The van der Waals surface area contributed by atoms with Crippen molar-refractivity contribution >= 4 is 24.1 Å². The van der Waals surface area contributed by atoms with E-state index < -0.39 is 24.3 Å². The topological polar surface area (TPSA) is 118 Å². The van der Waals surface area contributed by atoms with Crippen LogP contribution in [0.25, 0.3) is 0 Å². The van der Waals surface area contributed by atoms with Crippen molar-refractivity contribution in [3.05, 3.63) is 48.6 Å². The Morgan fingerprint density at radius 3 is 1.40 bits per heavy atom. The van der Waals surface area contributed by atoms with Gasteiger partial charge in [-0.2, -0.15) is 0 Å². The van der Waals surface area contributed by atoms with Crippen molar-refractivity contribution in [2.45, 2.75) is 238 Å². The molecule has 1 unspecified atom stereocenters. The molecule has 0 amide bonds. The first-order chi connectivity index (χ1) is 31.9. The molecular weight excluding hydrogens is 819 g/mol. The number of ether oxygens (including phenoxy) is 5. The highest BCUT2D eigenvalue weighted by molar-refractivity contribution is 5.71. The molecule has 0 bridgehead atoms. The van der Waals surface area contributed by atoms with Gasteiger partial charge in [0.1, 0.15) is 19.3 Å². The summed E-state index contributed by atoms with van der Waals surface area (Å²) in [4.78, 5) is 53.4. The van der Waals surface area contributed by atoms with E-state index in [1.54, 1.807) is 0 Å². The van der Waals surface area contributed by atoms with Crippen LogP contribution in [0.2, 0.25) is 0 Å². The number of carbonyl (C=O) groups is 4. The first-order valence-electron chi connectivity index (χ1n) is 26.5. The molecule has 1 aliphatic rings. The predicted molar refractivity (Wildman–Crippen MR) is 266 cm³/mol. The third-order valence-corrected chi connectivity index (χ3v) is 11.7. The molecule has 0 saturated carbocycles. The molecule has 10 heteroatoms. The standard InChI is InChI=1S/C55H95NO9/c1-4-7-10-12-14-16-18-20-22-24-26-28-30-32-34-40-52(57)62-48-51(49-63-53(58)41-35-33-31-29-27-25-23-21-19-17-15-13-11-8-5-2)64-54(59)43-42-50(39-9-6-3)65-55(60)61-47-38-46-56-44-36-37-45-56/h14-17,20-23,50-51H,4-13,18-19,24-49H2,1-3H3/b16-14-,17-15-,22-20-,23-21-. The smallest absolute Gasteiger partial charge is 0.462 e. The fraction of sp³-hybridized carbons (Fsp3) is 0.782. The molecule has 1 heterocycles. The number of esters is 3. The lowest BCUT2D eigenvalue weighted by Crippen LogP contribution is -2.31. The van der Waals surface area contributed by atoms with Crippen LogP contribution in [0.5, 0.6) is 0 Å². The van der Waals surface area contributed by atoms with Crippen LogP contribution < -0.4 is 0 Å². The van der Waals surface area contributed by atoms with Crippen LogP contribution in [-0.4, -0.2) is 80.6 Å². The Balaban J connectivity index is 2.49. The number of hydrogen-bond acceptors (Lipinski definition) is 10. The molecule has 0 aromatic heterocycles. The lowest BCUT2D eigenvalue weighted by atomic mass is 10.1. The number of nitrogens with zero attached hydrogens (tertiary/aromatic N) is 1. The average molecular weight is 914 g/mol. The van der Waals surface area contributed by atoms with Crippen LogP contribution >= 0.6 is 0 Å². The molecule has 1 fully saturated rings. The molecular formula is C55H95NO9. The minimum Gasteiger partial charge on any atom is -0.462 e. The Bertz CT molecular complexity index is 1210. The van der Waals surface area contributed by atoms with Gasteiger partial charge in [0.15, 0.2) is 6.10 Å². The van der Waals surface area contributed by atoms with Gasteiger partial charge in [-0.1, -0.05) is 146 Å². The monoisotopic (exact) mass is 914 g/mol. The maximum Gasteiger partial charge on any atom is 0.508 e. The Morgan fingerprint density at radius 2 is 0.908 bits per heavy atom. The lowest BCUT2D eigenvalue weighted by molar-refractivity contribution is -0.167. The van der Waals surface area contributed by atoms with Gasteiger partial charge in [0.05, 0.1) is 6.61 Å². The lowest BCUT2D eigenvalue weighted by Gasteiger charge is -2.20. The van der Waals surface area contributed by atoms with Gasteiger partial charge >= 0.3 is 24.1 Å². The molecule has 0 aromatic rings. The summed E-state index contributed by atoms with van der Waals surface area (Å²) in [6.07, 6.45) is 46.4. The maximum absolute atomic E-state index is 13.1. The van der Waals surface area contributed by atoms with Crippen molar-refractivity contribution in [1.82, 2.24) is 4.90 Å². The van der Waals surface area contributed by atoms with Crippen LogP contribution in [0.4, 0.5) is 4.79 Å². The van der Waals surface area contributed by atoms with Crippen molar-refractivity contribution < 1.29 is 42.9 Å². The van der Waals surface area contributed by atoms with E-state index in [1.807, 2.05) is 0 Å². The number of allylic oxidation sites excluding steroid dienone is 8. The zero-order valence-corrected chi connectivity index (χ0v) is 41.8. The van der Waals surface area contributed by atoms with E-state index in [4.69, 9.17) is 23.7 Å². The fourth-order valence-corrected chi connectivity index (χ4v) is 7.63. The molecule has 1 rings (SSSR count). The fourth-order valence-electron chi connectivity index (χ4n) is 7.63. The predicted octanol–water partition coefficient (Wildman–Crippen LogP) is 14.6. The van der Waals surface area contributed by atoms with Crippen LogP contribution in [0.1, 0.15) is 226 Å². The summed E-state index contributed by atoms with van der Waals surface area (Å²) in [6, 6.07) is 0. The van der Waals surface area contributed by atoms with Crippen molar-refractivity contribution in [1.29, 1.82) is 0 Å². The van der Waals surface area contributed by atoms with E-state index in [0.29, 0.717) is 13.0 Å². The number of likely N-dealkylation sites (tertiary alicyclic amines) is 1. The van der Waals surface area contributed by atoms with Crippen LogP contribution in [0.15, 0.2) is 48.6 Å². The Hall–Kier alpha value is -3.40. The largest absolute Gasteiger partial charge is 0.508 e. The summed E-state index contributed by atoms with van der Waals surface area (Å²) in [5.41, 5.74) is 0. The summed E-state index contributed by atoms with van der Waals surface area (Å²) in [6.45, 7) is 9.51.